The van der Waals surface area contributed by atoms with Crippen LogP contribution in [0.4, 0.5) is 0 Å². The molecule has 0 bridgehead atoms. The number of aryl methyl sites for hydroxylation is 1. The molecule has 2 aliphatic heterocycles. The van der Waals surface area contributed by atoms with Gasteiger partial charge in [0.05, 0.1) is 17.8 Å². The Morgan fingerprint density at radius 3 is 2.09 bits per heavy atom. The molecule has 174 valence electrons. The molecule has 2 aliphatic rings. The Morgan fingerprint density at radius 1 is 0.875 bits per heavy atom. The van der Waals surface area contributed by atoms with Gasteiger partial charge in [0, 0.05) is 45.0 Å². The summed E-state index contributed by atoms with van der Waals surface area (Å²) in [6.07, 6.45) is 4.02. The van der Waals surface area contributed by atoms with E-state index in [9.17, 15) is 13.2 Å². The number of rotatable bonds is 5. The van der Waals surface area contributed by atoms with Gasteiger partial charge in [-0.3, -0.25) is 9.48 Å². The van der Waals surface area contributed by atoms with Crippen molar-refractivity contribution in [2.45, 2.75) is 46.1 Å². The normalized spacial score (nSPS) is 19.1. The van der Waals surface area contributed by atoms with Crippen molar-refractivity contribution in [2.75, 3.05) is 39.3 Å². The minimum Gasteiger partial charge on any atom is -0.336 e. The van der Waals surface area contributed by atoms with Gasteiger partial charge < -0.3 is 4.90 Å². The Labute approximate surface area is 191 Å². The molecule has 2 fully saturated rings. The second-order valence-corrected chi connectivity index (χ2v) is 10.6. The second-order valence-electron chi connectivity index (χ2n) is 8.70. The summed E-state index contributed by atoms with van der Waals surface area (Å²) in [5.74, 6) is -0.0638. The van der Waals surface area contributed by atoms with Crippen molar-refractivity contribution in [1.82, 2.24) is 23.3 Å². The molecule has 0 radical (unpaired) electrons. The zero-order chi connectivity index (χ0) is 22.7. The minimum atomic E-state index is -3.46. The van der Waals surface area contributed by atoms with Gasteiger partial charge in [0.1, 0.15) is 0 Å². The predicted octanol–water partition coefficient (Wildman–Crippen LogP) is 2.43. The standard InChI is InChI=1S/C23H33N5O3S/c1-19-22(20(2)28(24-19)18-21-10-6-5-7-11-21)23(29)25-14-16-27(17-15-25)32(30,31)26-12-8-3-4-9-13-26/h5-7,10-11H,3-4,8-9,12-18H2,1-2H3. The van der Waals surface area contributed by atoms with E-state index in [0.717, 1.165) is 36.9 Å². The van der Waals surface area contributed by atoms with Gasteiger partial charge in [0.2, 0.25) is 0 Å². The summed E-state index contributed by atoms with van der Waals surface area (Å²) in [5.41, 5.74) is 3.31. The smallest absolute Gasteiger partial charge is 0.282 e. The topological polar surface area (TPSA) is 78.8 Å². The highest BCUT2D eigenvalue weighted by atomic mass is 32.2. The molecular weight excluding hydrogens is 426 g/mol. The lowest BCUT2D eigenvalue weighted by atomic mass is 10.1. The van der Waals surface area contributed by atoms with Crippen LogP contribution in [0.1, 0.15) is 53.0 Å². The molecule has 1 amide bonds. The lowest BCUT2D eigenvalue weighted by Crippen LogP contribution is -2.54. The van der Waals surface area contributed by atoms with Crippen molar-refractivity contribution >= 4 is 16.1 Å². The fourth-order valence-corrected chi connectivity index (χ4v) is 6.30. The van der Waals surface area contributed by atoms with Crippen molar-refractivity contribution in [1.29, 1.82) is 0 Å². The maximum atomic E-state index is 13.3. The maximum Gasteiger partial charge on any atom is 0.282 e. The van der Waals surface area contributed by atoms with Crippen molar-refractivity contribution in [2.24, 2.45) is 0 Å². The Bertz CT molecular complexity index is 1040. The van der Waals surface area contributed by atoms with Crippen molar-refractivity contribution < 1.29 is 13.2 Å². The summed E-state index contributed by atoms with van der Waals surface area (Å²) < 4.78 is 31.2. The fourth-order valence-electron chi connectivity index (χ4n) is 4.63. The number of hydrogen-bond donors (Lipinski definition) is 0. The fraction of sp³-hybridized carbons (Fsp3) is 0.565. The summed E-state index contributed by atoms with van der Waals surface area (Å²) >= 11 is 0. The van der Waals surface area contributed by atoms with E-state index in [0.29, 0.717) is 57.1 Å². The van der Waals surface area contributed by atoms with Crippen LogP contribution in [-0.2, 0) is 16.8 Å². The lowest BCUT2D eigenvalue weighted by molar-refractivity contribution is 0.0692. The van der Waals surface area contributed by atoms with E-state index in [1.807, 2.05) is 48.9 Å². The van der Waals surface area contributed by atoms with E-state index < -0.39 is 10.2 Å². The van der Waals surface area contributed by atoms with Gasteiger partial charge in [-0.2, -0.15) is 22.1 Å². The largest absolute Gasteiger partial charge is 0.336 e. The number of amides is 1. The van der Waals surface area contributed by atoms with Gasteiger partial charge in [-0.1, -0.05) is 43.2 Å². The summed E-state index contributed by atoms with van der Waals surface area (Å²) in [6, 6.07) is 10.1. The molecule has 3 heterocycles. The van der Waals surface area contributed by atoms with Crippen LogP contribution in [0.3, 0.4) is 0 Å². The third kappa shape index (κ3) is 4.74. The molecule has 4 rings (SSSR count). The lowest BCUT2D eigenvalue weighted by Gasteiger charge is -2.36. The third-order valence-electron chi connectivity index (χ3n) is 6.51. The van der Waals surface area contributed by atoms with Crippen LogP contribution in [0.15, 0.2) is 30.3 Å². The molecule has 0 atom stereocenters. The first-order valence-electron chi connectivity index (χ1n) is 11.5. The van der Waals surface area contributed by atoms with Crippen LogP contribution in [0.2, 0.25) is 0 Å². The first-order chi connectivity index (χ1) is 15.4. The first kappa shape index (κ1) is 22.9. The first-order valence-corrected chi connectivity index (χ1v) is 12.9. The summed E-state index contributed by atoms with van der Waals surface area (Å²) in [7, 11) is -3.46. The SMILES string of the molecule is Cc1nn(Cc2ccccc2)c(C)c1C(=O)N1CCN(S(=O)(=O)N2CCCCCC2)CC1. The molecule has 32 heavy (non-hydrogen) atoms. The molecule has 0 N–H and O–H groups in total. The average Bonchev–Trinajstić information content (AvgIpc) is 2.97. The number of nitrogens with zero attached hydrogens (tertiary/aromatic N) is 5. The molecule has 0 unspecified atom stereocenters. The van der Waals surface area contributed by atoms with E-state index in [4.69, 9.17) is 0 Å². The number of aromatic nitrogens is 2. The number of benzene rings is 1. The van der Waals surface area contributed by atoms with Gasteiger partial charge in [0.15, 0.2) is 0 Å². The van der Waals surface area contributed by atoms with Crippen molar-refractivity contribution in [3.63, 3.8) is 0 Å². The number of hydrogen-bond acceptors (Lipinski definition) is 4. The zero-order valence-electron chi connectivity index (χ0n) is 19.0. The van der Waals surface area contributed by atoms with E-state index in [2.05, 4.69) is 5.10 Å². The molecule has 0 aliphatic carbocycles. The van der Waals surface area contributed by atoms with E-state index in [1.54, 1.807) is 13.5 Å². The highest BCUT2D eigenvalue weighted by molar-refractivity contribution is 7.86. The van der Waals surface area contributed by atoms with Gasteiger partial charge in [0.25, 0.3) is 16.1 Å². The van der Waals surface area contributed by atoms with Crippen LogP contribution < -0.4 is 0 Å². The van der Waals surface area contributed by atoms with Crippen LogP contribution in [0, 0.1) is 13.8 Å². The van der Waals surface area contributed by atoms with Crippen LogP contribution in [0.5, 0.6) is 0 Å². The molecule has 0 spiro atoms. The summed E-state index contributed by atoms with van der Waals surface area (Å²) in [6.45, 7) is 7.06. The summed E-state index contributed by atoms with van der Waals surface area (Å²) in [5, 5.41) is 4.60. The molecular formula is C23H33N5O3S. The van der Waals surface area contributed by atoms with Crippen LogP contribution in [-0.4, -0.2) is 76.9 Å². The Kier molecular flexibility index (Phi) is 6.97. The van der Waals surface area contributed by atoms with E-state index in [-0.39, 0.29) is 5.91 Å². The molecule has 2 saturated heterocycles. The van der Waals surface area contributed by atoms with Gasteiger partial charge in [-0.25, -0.2) is 0 Å². The average molecular weight is 460 g/mol. The molecule has 1 aromatic heterocycles. The molecule has 0 saturated carbocycles. The van der Waals surface area contributed by atoms with Crippen LogP contribution >= 0.6 is 0 Å². The van der Waals surface area contributed by atoms with Crippen molar-refractivity contribution in [3.05, 3.63) is 52.8 Å². The highest BCUT2D eigenvalue weighted by Gasteiger charge is 2.34. The van der Waals surface area contributed by atoms with Gasteiger partial charge >= 0.3 is 0 Å². The third-order valence-corrected chi connectivity index (χ3v) is 8.55. The quantitative estimate of drug-likeness (QED) is 0.688. The number of piperazine rings is 1. The monoisotopic (exact) mass is 459 g/mol. The van der Waals surface area contributed by atoms with Crippen LogP contribution in [0.25, 0.3) is 0 Å². The predicted molar refractivity (Wildman–Crippen MR) is 124 cm³/mol. The molecule has 8 nitrogen and oxygen atoms in total. The van der Waals surface area contributed by atoms with E-state index >= 15 is 0 Å². The van der Waals surface area contributed by atoms with Gasteiger partial charge in [-0.15, -0.1) is 0 Å². The zero-order valence-corrected chi connectivity index (χ0v) is 19.9. The molecule has 2 aromatic rings. The second kappa shape index (κ2) is 9.72. The molecule has 9 heteroatoms. The summed E-state index contributed by atoms with van der Waals surface area (Å²) in [4.78, 5) is 15.1. The molecule has 1 aromatic carbocycles. The van der Waals surface area contributed by atoms with Crippen molar-refractivity contribution in [3.8, 4) is 0 Å². The highest BCUT2D eigenvalue weighted by Crippen LogP contribution is 2.21. The van der Waals surface area contributed by atoms with E-state index in [1.165, 1.54) is 0 Å². The maximum absolute atomic E-state index is 13.3. The number of carbonyl (C=O) groups is 1. The Balaban J connectivity index is 1.42. The minimum absolute atomic E-state index is 0.0638. The van der Waals surface area contributed by atoms with Gasteiger partial charge in [-0.05, 0) is 32.3 Å². The Hall–Kier alpha value is -2.23. The Morgan fingerprint density at radius 2 is 1.47 bits per heavy atom. The number of carbonyl (C=O) groups excluding carboxylic acids is 1.